The molecular formula is C17H23N3O2. The molecule has 3 heterocycles. The van der Waals surface area contributed by atoms with E-state index in [4.69, 9.17) is 9.47 Å². The van der Waals surface area contributed by atoms with Crippen molar-refractivity contribution in [2.45, 2.75) is 51.4 Å². The lowest BCUT2D eigenvalue weighted by atomic mass is 9.88. The normalized spacial score (nSPS) is 32.0. The minimum atomic E-state index is -0.167. The van der Waals surface area contributed by atoms with Gasteiger partial charge in [0.1, 0.15) is 6.07 Å². The first kappa shape index (κ1) is 15.3. The summed E-state index contributed by atoms with van der Waals surface area (Å²) < 4.78 is 12.0. The number of hydrogen-bond acceptors (Lipinski definition) is 5. The SMILES string of the molecule is Cc1cc(N2CC(C)OC3(CCOC(C)C3)C2)c(C#N)cn1. The van der Waals surface area contributed by atoms with Gasteiger partial charge < -0.3 is 14.4 Å². The quantitative estimate of drug-likeness (QED) is 0.797. The molecule has 2 aliphatic rings. The van der Waals surface area contributed by atoms with Crippen molar-refractivity contribution >= 4 is 5.69 Å². The number of anilines is 1. The van der Waals surface area contributed by atoms with Crippen molar-refractivity contribution in [1.29, 1.82) is 5.26 Å². The van der Waals surface area contributed by atoms with Crippen molar-refractivity contribution < 1.29 is 9.47 Å². The van der Waals surface area contributed by atoms with Gasteiger partial charge in [0.05, 0.1) is 29.1 Å². The molecule has 118 valence electrons. The van der Waals surface area contributed by atoms with E-state index in [1.807, 2.05) is 13.0 Å². The van der Waals surface area contributed by atoms with Gasteiger partial charge >= 0.3 is 0 Å². The minimum absolute atomic E-state index is 0.138. The molecule has 1 aromatic heterocycles. The Morgan fingerprint density at radius 1 is 1.41 bits per heavy atom. The highest BCUT2D eigenvalue weighted by atomic mass is 16.5. The van der Waals surface area contributed by atoms with Gasteiger partial charge in [0.15, 0.2) is 0 Å². The van der Waals surface area contributed by atoms with Gasteiger partial charge in [0, 0.05) is 44.4 Å². The molecule has 0 saturated carbocycles. The van der Waals surface area contributed by atoms with Crippen LogP contribution in [0.1, 0.15) is 37.9 Å². The predicted octanol–water partition coefficient (Wildman–Crippen LogP) is 2.42. The maximum absolute atomic E-state index is 9.38. The second kappa shape index (κ2) is 5.86. The Hall–Kier alpha value is -1.64. The second-order valence-electron chi connectivity index (χ2n) is 6.58. The predicted molar refractivity (Wildman–Crippen MR) is 83.8 cm³/mol. The summed E-state index contributed by atoms with van der Waals surface area (Å²) in [5.41, 5.74) is 2.38. The molecule has 0 N–H and O–H groups in total. The smallest absolute Gasteiger partial charge is 0.103 e. The highest BCUT2D eigenvalue weighted by Gasteiger charge is 2.43. The Bertz CT molecular complexity index is 594. The van der Waals surface area contributed by atoms with Gasteiger partial charge in [0.25, 0.3) is 0 Å². The van der Waals surface area contributed by atoms with Crippen molar-refractivity contribution in [3.63, 3.8) is 0 Å². The summed E-state index contributed by atoms with van der Waals surface area (Å²) in [6, 6.07) is 4.27. The van der Waals surface area contributed by atoms with E-state index < -0.39 is 0 Å². The molecule has 3 atom stereocenters. The van der Waals surface area contributed by atoms with Crippen LogP contribution < -0.4 is 4.90 Å². The number of aryl methyl sites for hydroxylation is 1. The molecule has 0 amide bonds. The van der Waals surface area contributed by atoms with E-state index >= 15 is 0 Å². The Kier molecular flexibility index (Phi) is 4.07. The lowest BCUT2D eigenvalue weighted by Crippen LogP contribution is -2.58. The maximum atomic E-state index is 9.38. The maximum Gasteiger partial charge on any atom is 0.103 e. The lowest BCUT2D eigenvalue weighted by Gasteiger charge is -2.49. The number of aromatic nitrogens is 1. The number of morpholine rings is 1. The minimum Gasteiger partial charge on any atom is -0.378 e. The number of pyridine rings is 1. The lowest BCUT2D eigenvalue weighted by molar-refractivity contribution is -0.163. The van der Waals surface area contributed by atoms with Crippen LogP contribution in [-0.4, -0.2) is 42.5 Å². The van der Waals surface area contributed by atoms with E-state index in [9.17, 15) is 5.26 Å². The zero-order valence-corrected chi connectivity index (χ0v) is 13.5. The van der Waals surface area contributed by atoms with E-state index in [2.05, 4.69) is 29.8 Å². The molecule has 22 heavy (non-hydrogen) atoms. The summed E-state index contributed by atoms with van der Waals surface area (Å²) in [6.07, 6.45) is 3.84. The summed E-state index contributed by atoms with van der Waals surface area (Å²) in [5.74, 6) is 0. The van der Waals surface area contributed by atoms with E-state index in [1.54, 1.807) is 6.20 Å². The topological polar surface area (TPSA) is 58.4 Å². The summed E-state index contributed by atoms with van der Waals surface area (Å²) in [5, 5.41) is 9.38. The van der Waals surface area contributed by atoms with Crippen LogP contribution in [0, 0.1) is 18.3 Å². The third-order valence-corrected chi connectivity index (χ3v) is 4.51. The van der Waals surface area contributed by atoms with Crippen molar-refractivity contribution in [3.8, 4) is 6.07 Å². The number of rotatable bonds is 1. The van der Waals surface area contributed by atoms with E-state index in [0.717, 1.165) is 43.9 Å². The fourth-order valence-electron chi connectivity index (χ4n) is 3.68. The average Bonchev–Trinajstić information content (AvgIpc) is 2.46. The summed E-state index contributed by atoms with van der Waals surface area (Å²) in [7, 11) is 0. The molecule has 0 bridgehead atoms. The molecule has 2 saturated heterocycles. The first-order valence-electron chi connectivity index (χ1n) is 7.92. The highest BCUT2D eigenvalue weighted by Crippen LogP contribution is 2.36. The van der Waals surface area contributed by atoms with Crippen LogP contribution in [0.25, 0.3) is 0 Å². The number of ether oxygens (including phenoxy) is 2. The van der Waals surface area contributed by atoms with Crippen LogP contribution in [0.3, 0.4) is 0 Å². The van der Waals surface area contributed by atoms with Gasteiger partial charge in [-0.3, -0.25) is 4.98 Å². The van der Waals surface area contributed by atoms with Crippen molar-refractivity contribution in [3.05, 3.63) is 23.5 Å². The molecule has 0 aromatic carbocycles. The van der Waals surface area contributed by atoms with Crippen LogP contribution in [0.4, 0.5) is 5.69 Å². The number of hydrogen-bond donors (Lipinski definition) is 0. The summed E-state index contributed by atoms with van der Waals surface area (Å²) in [6.45, 7) is 8.51. The molecule has 1 aromatic rings. The van der Waals surface area contributed by atoms with Crippen LogP contribution in [-0.2, 0) is 9.47 Å². The number of nitrogens with zero attached hydrogens (tertiary/aromatic N) is 3. The van der Waals surface area contributed by atoms with Gasteiger partial charge in [-0.15, -0.1) is 0 Å². The Labute approximate surface area is 131 Å². The summed E-state index contributed by atoms with van der Waals surface area (Å²) >= 11 is 0. The molecule has 0 aliphatic carbocycles. The first-order valence-corrected chi connectivity index (χ1v) is 7.92. The Morgan fingerprint density at radius 3 is 2.95 bits per heavy atom. The van der Waals surface area contributed by atoms with Gasteiger partial charge in [-0.25, -0.2) is 0 Å². The van der Waals surface area contributed by atoms with E-state index in [1.165, 1.54) is 0 Å². The Balaban J connectivity index is 1.91. The molecule has 0 radical (unpaired) electrons. The average molecular weight is 301 g/mol. The molecule has 2 aliphatic heterocycles. The molecule has 3 rings (SSSR count). The van der Waals surface area contributed by atoms with E-state index in [0.29, 0.717) is 5.56 Å². The largest absolute Gasteiger partial charge is 0.378 e. The molecule has 5 nitrogen and oxygen atoms in total. The monoisotopic (exact) mass is 301 g/mol. The molecule has 2 fully saturated rings. The van der Waals surface area contributed by atoms with Gasteiger partial charge in [-0.2, -0.15) is 5.26 Å². The van der Waals surface area contributed by atoms with Gasteiger partial charge in [-0.05, 0) is 26.8 Å². The fourth-order valence-corrected chi connectivity index (χ4v) is 3.68. The molecular weight excluding hydrogens is 278 g/mol. The first-order chi connectivity index (χ1) is 10.5. The molecule has 1 spiro atoms. The van der Waals surface area contributed by atoms with Crippen LogP contribution in [0.2, 0.25) is 0 Å². The van der Waals surface area contributed by atoms with Gasteiger partial charge in [-0.1, -0.05) is 0 Å². The van der Waals surface area contributed by atoms with Crippen molar-refractivity contribution in [1.82, 2.24) is 4.98 Å². The van der Waals surface area contributed by atoms with E-state index in [-0.39, 0.29) is 17.8 Å². The Morgan fingerprint density at radius 2 is 2.23 bits per heavy atom. The third kappa shape index (κ3) is 2.94. The third-order valence-electron chi connectivity index (χ3n) is 4.51. The van der Waals surface area contributed by atoms with Gasteiger partial charge in [0.2, 0.25) is 0 Å². The fraction of sp³-hybridized carbons (Fsp3) is 0.647. The zero-order valence-electron chi connectivity index (χ0n) is 13.5. The summed E-state index contributed by atoms with van der Waals surface area (Å²) in [4.78, 5) is 6.53. The highest BCUT2D eigenvalue weighted by molar-refractivity contribution is 5.59. The van der Waals surface area contributed by atoms with Crippen molar-refractivity contribution in [2.75, 3.05) is 24.6 Å². The zero-order chi connectivity index (χ0) is 15.7. The van der Waals surface area contributed by atoms with Crippen LogP contribution in [0.15, 0.2) is 12.3 Å². The van der Waals surface area contributed by atoms with Crippen LogP contribution in [0.5, 0.6) is 0 Å². The van der Waals surface area contributed by atoms with Crippen molar-refractivity contribution in [2.24, 2.45) is 0 Å². The van der Waals surface area contributed by atoms with Crippen LogP contribution >= 0.6 is 0 Å². The second-order valence-corrected chi connectivity index (χ2v) is 6.58. The molecule has 5 heteroatoms. The number of nitriles is 1. The molecule has 3 unspecified atom stereocenters. The standard InChI is InChI=1S/C17H23N3O2/c1-12-6-16(15(8-18)9-19-12)20-10-14(3)22-17(11-20)4-5-21-13(2)7-17/h6,9,13-14H,4-5,7,10-11H2,1-3H3.